The summed E-state index contributed by atoms with van der Waals surface area (Å²) in [5, 5.41) is 9.00. The largest absolute Gasteiger partial charge is 0.481 e. The highest BCUT2D eigenvalue weighted by Gasteiger charge is 2.63. The summed E-state index contributed by atoms with van der Waals surface area (Å²) >= 11 is 0. The molecule has 18 heavy (non-hydrogen) atoms. The first-order valence-electron chi connectivity index (χ1n) is 5.41. The molecule has 6 heteroatoms. The van der Waals surface area contributed by atoms with Crippen molar-refractivity contribution in [2.45, 2.75) is 25.9 Å². The van der Waals surface area contributed by atoms with Gasteiger partial charge in [0.25, 0.3) is 0 Å². The van der Waals surface area contributed by atoms with Crippen molar-refractivity contribution >= 4 is 5.97 Å². The Morgan fingerprint density at radius 3 is 2.33 bits per heavy atom. The number of carboxylic acid groups (broad SMARTS) is 1. The molecule has 0 amide bonds. The summed E-state index contributed by atoms with van der Waals surface area (Å²) in [6, 6.07) is 2.20. The molecule has 1 aromatic rings. The molecule has 1 fully saturated rings. The highest BCUT2D eigenvalue weighted by atomic mass is 19.4. The zero-order chi connectivity index (χ0) is 13.7. The minimum atomic E-state index is -4.42. The molecule has 3 nitrogen and oxygen atoms in total. The van der Waals surface area contributed by atoms with Gasteiger partial charge in [-0.2, -0.15) is 13.2 Å². The van der Waals surface area contributed by atoms with Gasteiger partial charge in [-0.3, -0.25) is 9.78 Å². The zero-order valence-electron chi connectivity index (χ0n) is 9.82. The number of nitrogens with zero attached hydrogens (tertiary/aromatic N) is 1. The molecule has 1 N–H and O–H groups in total. The highest BCUT2D eigenvalue weighted by molar-refractivity contribution is 5.77. The Morgan fingerprint density at radius 1 is 1.39 bits per heavy atom. The Hall–Kier alpha value is -1.59. The molecular weight excluding hydrogens is 247 g/mol. The van der Waals surface area contributed by atoms with Crippen LogP contribution in [0, 0.1) is 11.3 Å². The summed E-state index contributed by atoms with van der Waals surface area (Å²) in [6.07, 6.45) is -3.67. The smallest absolute Gasteiger partial charge is 0.417 e. The quantitative estimate of drug-likeness (QED) is 0.888. The summed E-state index contributed by atoms with van der Waals surface area (Å²) in [5.41, 5.74) is -0.879. The van der Waals surface area contributed by atoms with Crippen LogP contribution in [0.4, 0.5) is 13.2 Å². The van der Waals surface area contributed by atoms with Crippen molar-refractivity contribution in [3.8, 4) is 0 Å². The van der Waals surface area contributed by atoms with E-state index < -0.39 is 29.0 Å². The average molecular weight is 259 g/mol. The van der Waals surface area contributed by atoms with Crippen LogP contribution in [-0.4, -0.2) is 16.1 Å². The third-order valence-electron chi connectivity index (χ3n) is 3.53. The van der Waals surface area contributed by atoms with E-state index in [1.807, 2.05) is 0 Å². The lowest BCUT2D eigenvalue weighted by molar-refractivity contribution is -0.139. The third kappa shape index (κ3) is 1.95. The lowest BCUT2D eigenvalue weighted by Gasteiger charge is -2.07. The number of rotatable bonds is 2. The molecule has 1 heterocycles. The molecule has 0 spiro atoms. The maximum atomic E-state index is 12.4. The first-order valence-corrected chi connectivity index (χ1v) is 5.41. The predicted octanol–water partition coefficient (Wildman–Crippen LogP) is 2.92. The predicted molar refractivity (Wildman–Crippen MR) is 56.9 cm³/mol. The fraction of sp³-hybridized carbons (Fsp3) is 0.500. The lowest BCUT2D eigenvalue weighted by atomic mass is 10.1. The van der Waals surface area contributed by atoms with E-state index in [0.29, 0.717) is 5.69 Å². The van der Waals surface area contributed by atoms with Gasteiger partial charge in [-0.1, -0.05) is 13.8 Å². The number of carbonyl (C=O) groups is 1. The van der Waals surface area contributed by atoms with Crippen molar-refractivity contribution in [1.29, 1.82) is 0 Å². The molecule has 0 saturated heterocycles. The van der Waals surface area contributed by atoms with Crippen LogP contribution in [0.5, 0.6) is 0 Å². The van der Waals surface area contributed by atoms with Gasteiger partial charge < -0.3 is 5.11 Å². The van der Waals surface area contributed by atoms with Gasteiger partial charge in [0.15, 0.2) is 0 Å². The number of hydrogen-bond donors (Lipinski definition) is 1. The van der Waals surface area contributed by atoms with Crippen LogP contribution in [0.2, 0.25) is 0 Å². The summed E-state index contributed by atoms with van der Waals surface area (Å²) in [7, 11) is 0. The van der Waals surface area contributed by atoms with Gasteiger partial charge in [0.2, 0.25) is 0 Å². The Bertz CT molecular complexity index is 479. The van der Waals surface area contributed by atoms with Crippen molar-refractivity contribution in [3.05, 3.63) is 29.6 Å². The van der Waals surface area contributed by atoms with Gasteiger partial charge in [0, 0.05) is 17.8 Å². The van der Waals surface area contributed by atoms with Gasteiger partial charge in [-0.25, -0.2) is 0 Å². The summed E-state index contributed by atoms with van der Waals surface area (Å²) in [5.74, 6) is -1.84. The fourth-order valence-electron chi connectivity index (χ4n) is 2.41. The molecule has 2 unspecified atom stereocenters. The van der Waals surface area contributed by atoms with Crippen molar-refractivity contribution in [2.75, 3.05) is 0 Å². The van der Waals surface area contributed by atoms with E-state index in [9.17, 15) is 18.0 Å². The Morgan fingerprint density at radius 2 is 2.00 bits per heavy atom. The second-order valence-electron chi connectivity index (χ2n) is 5.08. The number of aliphatic carboxylic acids is 1. The second-order valence-corrected chi connectivity index (χ2v) is 5.08. The molecule has 1 aliphatic carbocycles. The van der Waals surface area contributed by atoms with E-state index in [2.05, 4.69) is 4.98 Å². The normalized spacial score (nSPS) is 25.8. The van der Waals surface area contributed by atoms with E-state index in [0.717, 1.165) is 12.3 Å². The Kier molecular flexibility index (Phi) is 2.64. The van der Waals surface area contributed by atoms with Crippen LogP contribution in [0.15, 0.2) is 18.3 Å². The fourth-order valence-corrected chi connectivity index (χ4v) is 2.41. The van der Waals surface area contributed by atoms with Crippen LogP contribution in [0.25, 0.3) is 0 Å². The van der Waals surface area contributed by atoms with E-state index in [1.165, 1.54) is 6.07 Å². The molecule has 98 valence electrons. The molecule has 0 bridgehead atoms. The average Bonchev–Trinajstić information content (AvgIpc) is 2.80. The maximum Gasteiger partial charge on any atom is 0.417 e. The minimum absolute atomic E-state index is 0.322. The van der Waals surface area contributed by atoms with Gasteiger partial charge in [-0.15, -0.1) is 0 Å². The maximum absolute atomic E-state index is 12.4. The molecule has 0 aliphatic heterocycles. The van der Waals surface area contributed by atoms with E-state index in [4.69, 9.17) is 5.11 Å². The standard InChI is InChI=1S/C12H12F3NO2/c1-11(2)8(9(11)10(17)18)7-4-3-6(5-16-7)12(13,14)15/h3-5,8-9H,1-2H3,(H,17,18). The number of halogens is 3. The molecular formula is C12H12F3NO2. The highest BCUT2D eigenvalue weighted by Crippen LogP contribution is 2.64. The monoisotopic (exact) mass is 259 g/mol. The first-order chi connectivity index (χ1) is 8.15. The third-order valence-corrected chi connectivity index (χ3v) is 3.53. The van der Waals surface area contributed by atoms with Crippen LogP contribution in [0.3, 0.4) is 0 Å². The number of alkyl halides is 3. The molecule has 0 aromatic carbocycles. The van der Waals surface area contributed by atoms with Gasteiger partial charge in [-0.05, 0) is 17.5 Å². The minimum Gasteiger partial charge on any atom is -0.481 e. The Labute approximate surface area is 102 Å². The number of hydrogen-bond acceptors (Lipinski definition) is 2. The Balaban J connectivity index is 2.25. The van der Waals surface area contributed by atoms with Gasteiger partial charge in [0.1, 0.15) is 0 Å². The molecule has 1 aromatic heterocycles. The summed E-state index contributed by atoms with van der Waals surface area (Å²) in [6.45, 7) is 3.55. The van der Waals surface area contributed by atoms with Crippen molar-refractivity contribution < 1.29 is 23.1 Å². The van der Waals surface area contributed by atoms with Crippen LogP contribution in [0.1, 0.15) is 31.0 Å². The number of aromatic nitrogens is 1. The summed E-state index contributed by atoms with van der Waals surface area (Å²) in [4.78, 5) is 14.7. The molecule has 0 radical (unpaired) electrons. The van der Waals surface area contributed by atoms with E-state index in [-0.39, 0.29) is 5.92 Å². The van der Waals surface area contributed by atoms with E-state index in [1.54, 1.807) is 13.8 Å². The van der Waals surface area contributed by atoms with Crippen molar-refractivity contribution in [1.82, 2.24) is 4.98 Å². The number of pyridine rings is 1. The van der Waals surface area contributed by atoms with Crippen LogP contribution < -0.4 is 0 Å². The zero-order valence-corrected chi connectivity index (χ0v) is 9.82. The molecule has 1 saturated carbocycles. The lowest BCUT2D eigenvalue weighted by Crippen LogP contribution is -2.06. The van der Waals surface area contributed by atoms with Gasteiger partial charge in [0.05, 0.1) is 11.5 Å². The molecule has 2 rings (SSSR count). The molecule has 1 aliphatic rings. The van der Waals surface area contributed by atoms with Crippen LogP contribution >= 0.6 is 0 Å². The van der Waals surface area contributed by atoms with Crippen LogP contribution in [-0.2, 0) is 11.0 Å². The topological polar surface area (TPSA) is 50.2 Å². The second kappa shape index (κ2) is 3.70. The van der Waals surface area contributed by atoms with Gasteiger partial charge >= 0.3 is 12.1 Å². The van der Waals surface area contributed by atoms with Crippen molar-refractivity contribution in [2.24, 2.45) is 11.3 Å². The number of carboxylic acids is 1. The SMILES string of the molecule is CC1(C)C(C(=O)O)C1c1ccc(C(F)(F)F)cn1. The van der Waals surface area contributed by atoms with Crippen molar-refractivity contribution in [3.63, 3.8) is 0 Å². The summed E-state index contributed by atoms with van der Waals surface area (Å²) < 4.78 is 37.1. The molecule has 2 atom stereocenters. The first kappa shape index (κ1) is 12.9. The van der Waals surface area contributed by atoms with E-state index >= 15 is 0 Å².